The molecular formula is C14H15BrN2O. The molecule has 0 radical (unpaired) electrons. The molecule has 0 atom stereocenters. The monoisotopic (exact) mass is 306 g/mol. The van der Waals surface area contributed by atoms with Gasteiger partial charge in [-0.1, -0.05) is 6.92 Å². The Hall–Kier alpha value is -1.42. The van der Waals surface area contributed by atoms with Crippen LogP contribution in [0, 0.1) is 6.92 Å². The van der Waals surface area contributed by atoms with Gasteiger partial charge in [-0.05, 0) is 59.6 Å². The van der Waals surface area contributed by atoms with Gasteiger partial charge in [-0.3, -0.25) is 0 Å². The average molecular weight is 307 g/mol. The summed E-state index contributed by atoms with van der Waals surface area (Å²) in [6.07, 6.45) is 1.01. The zero-order chi connectivity index (χ0) is 13.0. The fourth-order valence-electron chi connectivity index (χ4n) is 1.62. The molecule has 94 valence electrons. The van der Waals surface area contributed by atoms with Crippen LogP contribution in [0.4, 0.5) is 0 Å². The molecule has 0 amide bonds. The summed E-state index contributed by atoms with van der Waals surface area (Å²) in [7, 11) is 0. The largest absolute Gasteiger partial charge is 0.494 e. The number of ether oxygens (including phenoxy) is 1. The summed E-state index contributed by atoms with van der Waals surface area (Å²) >= 11 is 3.38. The highest BCUT2D eigenvalue weighted by Crippen LogP contribution is 2.22. The number of aryl methyl sites for hydroxylation is 1. The lowest BCUT2D eigenvalue weighted by Crippen LogP contribution is -1.95. The van der Waals surface area contributed by atoms with Crippen LogP contribution in [0.15, 0.2) is 34.9 Å². The summed E-state index contributed by atoms with van der Waals surface area (Å²) in [5.74, 6) is 1.65. The predicted octanol–water partition coefficient (Wildman–Crippen LogP) is 4.00. The lowest BCUT2D eigenvalue weighted by molar-refractivity contribution is 0.317. The molecule has 0 aliphatic carbocycles. The van der Waals surface area contributed by atoms with E-state index in [2.05, 4.69) is 32.8 Å². The molecule has 0 spiro atoms. The van der Waals surface area contributed by atoms with Gasteiger partial charge in [0.2, 0.25) is 0 Å². The summed E-state index contributed by atoms with van der Waals surface area (Å²) in [4.78, 5) is 8.61. The van der Waals surface area contributed by atoms with E-state index in [4.69, 9.17) is 4.74 Å². The summed E-state index contributed by atoms with van der Waals surface area (Å²) in [6.45, 7) is 4.72. The van der Waals surface area contributed by atoms with Crippen LogP contribution < -0.4 is 4.74 Å². The van der Waals surface area contributed by atoms with Crippen molar-refractivity contribution in [1.82, 2.24) is 9.97 Å². The van der Waals surface area contributed by atoms with Crippen LogP contribution in [-0.4, -0.2) is 16.6 Å². The van der Waals surface area contributed by atoms with Gasteiger partial charge in [0.1, 0.15) is 16.2 Å². The number of aromatic nitrogens is 2. The fourth-order valence-corrected chi connectivity index (χ4v) is 2.09. The first-order chi connectivity index (χ1) is 8.69. The third-order valence-electron chi connectivity index (χ3n) is 2.43. The summed E-state index contributed by atoms with van der Waals surface area (Å²) < 4.78 is 6.35. The van der Waals surface area contributed by atoms with E-state index in [9.17, 15) is 0 Å². The van der Waals surface area contributed by atoms with Crippen LogP contribution in [0.1, 0.15) is 19.2 Å². The first kappa shape index (κ1) is 13.0. The van der Waals surface area contributed by atoms with Crippen molar-refractivity contribution in [2.45, 2.75) is 20.3 Å². The van der Waals surface area contributed by atoms with Crippen molar-refractivity contribution in [3.63, 3.8) is 0 Å². The first-order valence-electron chi connectivity index (χ1n) is 5.93. The minimum atomic E-state index is 0.748. The SMILES string of the molecule is CCCOc1ccc(-c2cc(Br)nc(C)n2)cc1. The molecule has 0 aliphatic rings. The van der Waals surface area contributed by atoms with Crippen molar-refractivity contribution in [2.75, 3.05) is 6.61 Å². The second-order valence-electron chi connectivity index (χ2n) is 4.00. The van der Waals surface area contributed by atoms with Gasteiger partial charge in [0.05, 0.1) is 12.3 Å². The van der Waals surface area contributed by atoms with E-state index in [1.807, 2.05) is 37.3 Å². The zero-order valence-electron chi connectivity index (χ0n) is 10.5. The molecule has 0 fully saturated rings. The molecule has 0 saturated heterocycles. The van der Waals surface area contributed by atoms with Crippen molar-refractivity contribution in [3.8, 4) is 17.0 Å². The number of hydrogen-bond donors (Lipinski definition) is 0. The molecule has 0 aliphatic heterocycles. The number of nitrogens with zero attached hydrogens (tertiary/aromatic N) is 2. The van der Waals surface area contributed by atoms with Gasteiger partial charge in [0, 0.05) is 5.56 Å². The predicted molar refractivity (Wildman–Crippen MR) is 75.7 cm³/mol. The molecule has 0 N–H and O–H groups in total. The number of benzene rings is 1. The number of hydrogen-bond acceptors (Lipinski definition) is 3. The van der Waals surface area contributed by atoms with E-state index in [0.29, 0.717) is 0 Å². The van der Waals surface area contributed by atoms with Crippen molar-refractivity contribution in [3.05, 3.63) is 40.8 Å². The van der Waals surface area contributed by atoms with E-state index >= 15 is 0 Å². The molecule has 3 nitrogen and oxygen atoms in total. The fraction of sp³-hybridized carbons (Fsp3) is 0.286. The van der Waals surface area contributed by atoms with Crippen LogP contribution in [0.3, 0.4) is 0 Å². The highest BCUT2D eigenvalue weighted by atomic mass is 79.9. The van der Waals surface area contributed by atoms with Crippen molar-refractivity contribution < 1.29 is 4.74 Å². The maximum atomic E-state index is 5.55. The molecule has 1 heterocycles. The van der Waals surface area contributed by atoms with Gasteiger partial charge in [-0.2, -0.15) is 0 Å². The van der Waals surface area contributed by atoms with Crippen LogP contribution in [0.2, 0.25) is 0 Å². The average Bonchev–Trinajstić information content (AvgIpc) is 2.36. The van der Waals surface area contributed by atoms with Gasteiger partial charge >= 0.3 is 0 Å². The Balaban J connectivity index is 2.23. The highest BCUT2D eigenvalue weighted by Gasteiger charge is 2.03. The Kier molecular flexibility index (Phi) is 4.31. The standard InChI is InChI=1S/C14H15BrN2O/c1-3-8-18-12-6-4-11(5-7-12)13-9-14(15)17-10(2)16-13/h4-7,9H,3,8H2,1-2H3. The van der Waals surface area contributed by atoms with Gasteiger partial charge < -0.3 is 4.74 Å². The third-order valence-corrected chi connectivity index (χ3v) is 2.84. The Bertz CT molecular complexity index is 506. The highest BCUT2D eigenvalue weighted by molar-refractivity contribution is 9.10. The lowest BCUT2D eigenvalue weighted by atomic mass is 10.1. The van der Waals surface area contributed by atoms with Crippen LogP contribution in [0.25, 0.3) is 11.3 Å². The summed E-state index contributed by atoms with van der Waals surface area (Å²) in [5, 5.41) is 0. The topological polar surface area (TPSA) is 35.0 Å². The maximum Gasteiger partial charge on any atom is 0.127 e. The van der Waals surface area contributed by atoms with Gasteiger partial charge in [0.15, 0.2) is 0 Å². The molecule has 2 rings (SSSR count). The van der Waals surface area contributed by atoms with Crippen molar-refractivity contribution >= 4 is 15.9 Å². The molecule has 0 bridgehead atoms. The Morgan fingerprint density at radius 3 is 2.50 bits per heavy atom. The Morgan fingerprint density at radius 2 is 1.89 bits per heavy atom. The van der Waals surface area contributed by atoms with Crippen LogP contribution in [-0.2, 0) is 0 Å². The molecule has 1 aromatic heterocycles. The molecule has 1 aromatic carbocycles. The summed E-state index contributed by atoms with van der Waals surface area (Å²) in [5.41, 5.74) is 1.97. The minimum absolute atomic E-state index is 0.748. The second kappa shape index (κ2) is 5.96. The molecule has 18 heavy (non-hydrogen) atoms. The van der Waals surface area contributed by atoms with E-state index < -0.39 is 0 Å². The van der Waals surface area contributed by atoms with E-state index in [0.717, 1.165) is 40.5 Å². The van der Waals surface area contributed by atoms with Gasteiger partial charge in [-0.25, -0.2) is 9.97 Å². The van der Waals surface area contributed by atoms with Gasteiger partial charge in [-0.15, -0.1) is 0 Å². The third kappa shape index (κ3) is 3.29. The number of halogens is 1. The van der Waals surface area contributed by atoms with E-state index in [1.54, 1.807) is 0 Å². The van der Waals surface area contributed by atoms with Crippen molar-refractivity contribution in [1.29, 1.82) is 0 Å². The lowest BCUT2D eigenvalue weighted by Gasteiger charge is -2.06. The normalized spacial score (nSPS) is 10.4. The smallest absolute Gasteiger partial charge is 0.127 e. The quantitative estimate of drug-likeness (QED) is 0.801. The number of rotatable bonds is 4. The Labute approximate surface area is 115 Å². The minimum Gasteiger partial charge on any atom is -0.494 e. The maximum absolute atomic E-state index is 5.55. The molecule has 0 unspecified atom stereocenters. The second-order valence-corrected chi connectivity index (χ2v) is 4.81. The summed E-state index contributed by atoms with van der Waals surface area (Å²) in [6, 6.07) is 9.88. The van der Waals surface area contributed by atoms with Crippen molar-refractivity contribution in [2.24, 2.45) is 0 Å². The van der Waals surface area contributed by atoms with E-state index in [-0.39, 0.29) is 0 Å². The van der Waals surface area contributed by atoms with Gasteiger partial charge in [0.25, 0.3) is 0 Å². The Morgan fingerprint density at radius 1 is 1.17 bits per heavy atom. The zero-order valence-corrected chi connectivity index (χ0v) is 12.1. The molecule has 0 saturated carbocycles. The molecular weight excluding hydrogens is 292 g/mol. The van der Waals surface area contributed by atoms with E-state index in [1.165, 1.54) is 0 Å². The molecule has 4 heteroatoms. The van der Waals surface area contributed by atoms with Crippen LogP contribution >= 0.6 is 15.9 Å². The van der Waals surface area contributed by atoms with Crippen LogP contribution in [0.5, 0.6) is 5.75 Å². The molecule has 2 aromatic rings. The first-order valence-corrected chi connectivity index (χ1v) is 6.73.